The topological polar surface area (TPSA) is 87.1 Å². The first-order valence-electron chi connectivity index (χ1n) is 6.09. The Balaban J connectivity index is 2.58. The summed E-state index contributed by atoms with van der Waals surface area (Å²) in [6.45, 7) is 6.09. The highest BCUT2D eigenvalue weighted by atomic mass is 16.6. The van der Waals surface area contributed by atoms with Crippen molar-refractivity contribution in [1.82, 2.24) is 4.90 Å². The minimum Gasteiger partial charge on any atom is -0.479 e. The molecule has 1 saturated heterocycles. The lowest BCUT2D eigenvalue weighted by atomic mass is 9.93. The van der Waals surface area contributed by atoms with Crippen molar-refractivity contribution < 1.29 is 24.5 Å². The molecule has 104 valence electrons. The molecule has 0 aromatic heterocycles. The number of hydrogen-bond donors (Lipinski definition) is 2. The number of carbonyl (C=O) groups excluding carboxylic acids is 1. The van der Waals surface area contributed by atoms with Crippen LogP contribution in [0, 0.1) is 5.92 Å². The number of aliphatic hydroxyl groups is 1. The van der Waals surface area contributed by atoms with Crippen LogP contribution in [-0.4, -0.2) is 52.0 Å². The quantitative estimate of drug-likeness (QED) is 0.774. The number of piperidine rings is 1. The van der Waals surface area contributed by atoms with Gasteiger partial charge in [0.1, 0.15) is 5.60 Å². The van der Waals surface area contributed by atoms with E-state index in [9.17, 15) is 14.7 Å². The molecule has 0 aromatic carbocycles. The molecule has 1 fully saturated rings. The summed E-state index contributed by atoms with van der Waals surface area (Å²) in [6, 6.07) is 0. The molecule has 0 bridgehead atoms. The zero-order valence-corrected chi connectivity index (χ0v) is 11.0. The van der Waals surface area contributed by atoms with Gasteiger partial charge in [-0.15, -0.1) is 0 Å². The lowest BCUT2D eigenvalue weighted by Gasteiger charge is -2.34. The first-order chi connectivity index (χ1) is 8.20. The van der Waals surface area contributed by atoms with E-state index in [4.69, 9.17) is 9.84 Å². The standard InChI is InChI=1S/C12H21NO5/c1-12(2,3)18-11(17)13-6-4-5-8(7-13)9(14)10(15)16/h8-9,14H,4-7H2,1-3H3,(H,15,16)/t8-,9?/m1/s1. The summed E-state index contributed by atoms with van der Waals surface area (Å²) >= 11 is 0. The molecule has 0 aliphatic carbocycles. The van der Waals surface area contributed by atoms with Crippen molar-refractivity contribution in [2.24, 2.45) is 5.92 Å². The fourth-order valence-corrected chi connectivity index (χ4v) is 1.96. The highest BCUT2D eigenvalue weighted by Crippen LogP contribution is 2.22. The largest absolute Gasteiger partial charge is 0.479 e. The normalized spacial score (nSPS) is 22.4. The van der Waals surface area contributed by atoms with Crippen LogP contribution in [0.25, 0.3) is 0 Å². The lowest BCUT2D eigenvalue weighted by molar-refractivity contribution is -0.150. The summed E-state index contributed by atoms with van der Waals surface area (Å²) in [5.41, 5.74) is -0.574. The molecule has 1 rings (SSSR count). The van der Waals surface area contributed by atoms with Crippen molar-refractivity contribution in [3.05, 3.63) is 0 Å². The van der Waals surface area contributed by atoms with Crippen molar-refractivity contribution in [3.63, 3.8) is 0 Å². The third-order valence-corrected chi connectivity index (χ3v) is 2.81. The average molecular weight is 259 g/mol. The summed E-state index contributed by atoms with van der Waals surface area (Å²) in [7, 11) is 0. The minimum absolute atomic E-state index is 0.225. The Hall–Kier alpha value is -1.30. The van der Waals surface area contributed by atoms with Gasteiger partial charge in [-0.25, -0.2) is 9.59 Å². The molecule has 1 aliphatic rings. The lowest BCUT2D eigenvalue weighted by Crippen LogP contribution is -2.47. The molecule has 1 amide bonds. The maximum absolute atomic E-state index is 11.8. The number of ether oxygens (including phenoxy) is 1. The second-order valence-electron chi connectivity index (χ2n) is 5.61. The van der Waals surface area contributed by atoms with Gasteiger partial charge in [-0.05, 0) is 33.6 Å². The predicted molar refractivity (Wildman–Crippen MR) is 64.2 cm³/mol. The molecule has 0 radical (unpaired) electrons. The van der Waals surface area contributed by atoms with E-state index in [-0.39, 0.29) is 6.54 Å². The Morgan fingerprint density at radius 3 is 2.50 bits per heavy atom. The summed E-state index contributed by atoms with van der Waals surface area (Å²) in [5, 5.41) is 18.3. The second kappa shape index (κ2) is 5.56. The monoisotopic (exact) mass is 259 g/mol. The van der Waals surface area contributed by atoms with Gasteiger partial charge in [0.25, 0.3) is 0 Å². The van der Waals surface area contributed by atoms with Crippen LogP contribution in [0.3, 0.4) is 0 Å². The molecule has 0 aromatic rings. The van der Waals surface area contributed by atoms with Crippen molar-refractivity contribution >= 4 is 12.1 Å². The van der Waals surface area contributed by atoms with Crippen LogP contribution >= 0.6 is 0 Å². The minimum atomic E-state index is -1.42. The van der Waals surface area contributed by atoms with E-state index in [1.807, 2.05) is 0 Å². The average Bonchev–Trinajstić information content (AvgIpc) is 2.25. The van der Waals surface area contributed by atoms with E-state index < -0.39 is 29.7 Å². The summed E-state index contributed by atoms with van der Waals surface area (Å²) in [6.07, 6.45) is -0.596. The Labute approximate surface area is 107 Å². The number of rotatable bonds is 2. The molecule has 1 heterocycles. The molecule has 0 saturated carbocycles. The van der Waals surface area contributed by atoms with Crippen LogP contribution in [0.4, 0.5) is 4.79 Å². The Morgan fingerprint density at radius 1 is 1.39 bits per heavy atom. The third-order valence-electron chi connectivity index (χ3n) is 2.81. The van der Waals surface area contributed by atoms with Crippen LogP contribution in [-0.2, 0) is 9.53 Å². The van der Waals surface area contributed by atoms with Gasteiger partial charge < -0.3 is 19.8 Å². The second-order valence-corrected chi connectivity index (χ2v) is 5.61. The van der Waals surface area contributed by atoms with Gasteiger partial charge in [0.05, 0.1) is 0 Å². The third kappa shape index (κ3) is 4.18. The van der Waals surface area contributed by atoms with E-state index in [0.717, 1.165) is 0 Å². The van der Waals surface area contributed by atoms with Gasteiger partial charge >= 0.3 is 12.1 Å². The van der Waals surface area contributed by atoms with Gasteiger partial charge in [0.15, 0.2) is 6.10 Å². The maximum Gasteiger partial charge on any atom is 0.410 e. The number of amides is 1. The fourth-order valence-electron chi connectivity index (χ4n) is 1.96. The van der Waals surface area contributed by atoms with Crippen LogP contribution < -0.4 is 0 Å². The van der Waals surface area contributed by atoms with Gasteiger partial charge in [-0.3, -0.25) is 0 Å². The first kappa shape index (κ1) is 14.8. The number of carbonyl (C=O) groups is 2. The van der Waals surface area contributed by atoms with Crippen LogP contribution in [0.15, 0.2) is 0 Å². The van der Waals surface area contributed by atoms with E-state index in [0.29, 0.717) is 19.4 Å². The molecule has 6 heteroatoms. The molecular formula is C12H21NO5. The van der Waals surface area contributed by atoms with Gasteiger partial charge in [-0.2, -0.15) is 0 Å². The smallest absolute Gasteiger partial charge is 0.410 e. The van der Waals surface area contributed by atoms with Crippen LogP contribution in [0.1, 0.15) is 33.6 Å². The molecule has 1 aliphatic heterocycles. The molecule has 0 spiro atoms. The van der Waals surface area contributed by atoms with Crippen LogP contribution in [0.5, 0.6) is 0 Å². The number of hydrogen-bond acceptors (Lipinski definition) is 4. The van der Waals surface area contributed by atoms with Crippen molar-refractivity contribution in [2.45, 2.75) is 45.3 Å². The Bertz CT molecular complexity index is 323. The Morgan fingerprint density at radius 2 is 2.00 bits per heavy atom. The Kier molecular flexibility index (Phi) is 4.56. The number of nitrogens with zero attached hydrogens (tertiary/aromatic N) is 1. The number of carboxylic acids is 1. The van der Waals surface area contributed by atoms with Crippen LogP contribution in [0.2, 0.25) is 0 Å². The SMILES string of the molecule is CC(C)(C)OC(=O)N1CCC[C@@H](C(O)C(=O)O)C1. The summed E-state index contributed by atoms with van der Waals surface area (Å²) in [4.78, 5) is 24.0. The highest BCUT2D eigenvalue weighted by molar-refractivity contribution is 5.73. The summed E-state index contributed by atoms with van der Waals surface area (Å²) in [5.74, 6) is -1.67. The van der Waals surface area contributed by atoms with E-state index in [1.165, 1.54) is 4.90 Å². The molecule has 2 N–H and O–H groups in total. The van der Waals surface area contributed by atoms with Gasteiger partial charge in [0.2, 0.25) is 0 Å². The molecular weight excluding hydrogens is 238 g/mol. The summed E-state index contributed by atoms with van der Waals surface area (Å²) < 4.78 is 5.22. The van der Waals surface area contributed by atoms with E-state index in [1.54, 1.807) is 20.8 Å². The zero-order valence-electron chi connectivity index (χ0n) is 11.0. The number of aliphatic hydroxyl groups excluding tert-OH is 1. The molecule has 6 nitrogen and oxygen atoms in total. The van der Waals surface area contributed by atoms with Gasteiger partial charge in [-0.1, -0.05) is 0 Å². The molecule has 18 heavy (non-hydrogen) atoms. The maximum atomic E-state index is 11.8. The highest BCUT2D eigenvalue weighted by Gasteiger charge is 2.33. The van der Waals surface area contributed by atoms with E-state index in [2.05, 4.69) is 0 Å². The zero-order chi connectivity index (χ0) is 13.9. The van der Waals surface area contributed by atoms with Crippen molar-refractivity contribution in [3.8, 4) is 0 Å². The molecule has 1 unspecified atom stereocenters. The van der Waals surface area contributed by atoms with Gasteiger partial charge in [0, 0.05) is 19.0 Å². The number of carboxylic acid groups (broad SMARTS) is 1. The molecule has 2 atom stereocenters. The number of aliphatic carboxylic acids is 1. The van der Waals surface area contributed by atoms with Crippen molar-refractivity contribution in [1.29, 1.82) is 0 Å². The fraction of sp³-hybridized carbons (Fsp3) is 0.833. The number of likely N-dealkylation sites (tertiary alicyclic amines) is 1. The first-order valence-corrected chi connectivity index (χ1v) is 6.09. The van der Waals surface area contributed by atoms with Crippen molar-refractivity contribution in [2.75, 3.05) is 13.1 Å². The van der Waals surface area contributed by atoms with E-state index >= 15 is 0 Å². The predicted octanol–water partition coefficient (Wildman–Crippen LogP) is 1.08.